The monoisotopic (exact) mass is 428 g/mol. The van der Waals surface area contributed by atoms with E-state index in [1.807, 2.05) is 36.1 Å². The number of benzene rings is 1. The van der Waals surface area contributed by atoms with Crippen molar-refractivity contribution in [3.63, 3.8) is 0 Å². The minimum Gasteiger partial charge on any atom is -0.364 e. The lowest BCUT2D eigenvalue weighted by atomic mass is 10.1. The number of rotatable bonds is 5. The summed E-state index contributed by atoms with van der Waals surface area (Å²) in [5, 5.41) is 9.00. The first-order valence-corrected chi connectivity index (χ1v) is 10.9. The molecule has 0 aliphatic carbocycles. The Morgan fingerprint density at radius 2 is 1.94 bits per heavy atom. The number of pyridine rings is 1. The highest BCUT2D eigenvalue weighted by molar-refractivity contribution is 5.79. The van der Waals surface area contributed by atoms with Crippen molar-refractivity contribution in [3.8, 4) is 6.07 Å². The van der Waals surface area contributed by atoms with Crippen LogP contribution in [0.3, 0.4) is 0 Å². The van der Waals surface area contributed by atoms with Crippen LogP contribution in [0.2, 0.25) is 0 Å². The summed E-state index contributed by atoms with van der Waals surface area (Å²) in [7, 11) is 0. The van der Waals surface area contributed by atoms with E-state index in [1.165, 1.54) is 0 Å². The molecule has 2 aliphatic rings. The number of fused-ring (bicyclic) bond motifs is 3. The van der Waals surface area contributed by atoms with Gasteiger partial charge < -0.3 is 14.5 Å². The normalized spacial score (nSPS) is 20.9. The van der Waals surface area contributed by atoms with Crippen LogP contribution in [0.5, 0.6) is 0 Å². The average Bonchev–Trinajstić information content (AvgIpc) is 3.10. The van der Waals surface area contributed by atoms with Gasteiger partial charge in [0.1, 0.15) is 18.5 Å². The quantitative estimate of drug-likeness (QED) is 0.617. The number of piperazine rings is 1. The summed E-state index contributed by atoms with van der Waals surface area (Å²) in [6.45, 7) is 3.30. The van der Waals surface area contributed by atoms with Crippen molar-refractivity contribution >= 4 is 22.8 Å². The molecule has 2 unspecified atom stereocenters. The number of nitrogens with zero attached hydrogens (tertiary/aromatic N) is 6. The highest BCUT2D eigenvalue weighted by atomic mass is 16.5. The van der Waals surface area contributed by atoms with Gasteiger partial charge in [-0.2, -0.15) is 5.26 Å². The van der Waals surface area contributed by atoms with Crippen LogP contribution in [0.25, 0.3) is 11.0 Å². The summed E-state index contributed by atoms with van der Waals surface area (Å²) in [4.78, 5) is 30.4. The van der Waals surface area contributed by atoms with E-state index >= 15 is 0 Å². The molecular formula is C24H24N6O2. The number of amides is 1. The number of aromatic nitrogens is 3. The number of anilines is 1. The van der Waals surface area contributed by atoms with Gasteiger partial charge in [-0.05, 0) is 38.0 Å². The Balaban J connectivity index is 1.22. The molecule has 2 saturated heterocycles. The summed E-state index contributed by atoms with van der Waals surface area (Å²) in [6.07, 6.45) is 6.74. The van der Waals surface area contributed by atoms with E-state index < -0.39 is 0 Å². The largest absolute Gasteiger partial charge is 0.364 e. The maximum atomic E-state index is 12.9. The van der Waals surface area contributed by atoms with Crippen molar-refractivity contribution in [1.29, 1.82) is 5.26 Å². The number of likely N-dealkylation sites (tertiary alicyclic amines) is 1. The van der Waals surface area contributed by atoms with E-state index in [0.717, 1.165) is 35.3 Å². The zero-order chi connectivity index (χ0) is 22.1. The van der Waals surface area contributed by atoms with Crippen molar-refractivity contribution in [2.45, 2.75) is 38.0 Å². The third kappa shape index (κ3) is 3.76. The molecular weight excluding hydrogens is 404 g/mol. The second-order valence-electron chi connectivity index (χ2n) is 8.33. The Labute approximate surface area is 186 Å². The molecule has 2 fully saturated rings. The van der Waals surface area contributed by atoms with Crippen LogP contribution in [0.15, 0.2) is 48.9 Å². The van der Waals surface area contributed by atoms with Crippen LogP contribution < -0.4 is 4.90 Å². The Hall–Kier alpha value is -3.57. The molecule has 32 heavy (non-hydrogen) atoms. The Morgan fingerprint density at radius 1 is 1.16 bits per heavy atom. The zero-order valence-corrected chi connectivity index (χ0v) is 17.9. The standard InChI is InChI=1S/C24H24N6O2/c1-16(20-3-2-4-21-24(20)27-10-9-26-21)32-15-23(31)29-13-18-6-7-19(14-29)30(18)22-8-5-17(11-25)12-28-22/h2-5,8-10,12,16,18-19H,6-7,13-15H2,1H3/t16?,18-,19?/m0/s1. The summed E-state index contributed by atoms with van der Waals surface area (Å²) in [6, 6.07) is 12.1. The number of hydrogen-bond donors (Lipinski definition) is 0. The molecule has 2 aromatic heterocycles. The first-order valence-electron chi connectivity index (χ1n) is 10.9. The van der Waals surface area contributed by atoms with Gasteiger partial charge in [-0.1, -0.05) is 12.1 Å². The first-order chi connectivity index (χ1) is 15.6. The van der Waals surface area contributed by atoms with Crippen LogP contribution in [0, 0.1) is 11.3 Å². The first kappa shape index (κ1) is 20.3. The lowest BCUT2D eigenvalue weighted by Crippen LogP contribution is -2.56. The van der Waals surface area contributed by atoms with Crippen LogP contribution in [0.4, 0.5) is 5.82 Å². The van der Waals surface area contributed by atoms with E-state index in [0.29, 0.717) is 18.7 Å². The smallest absolute Gasteiger partial charge is 0.248 e. The number of para-hydroxylation sites is 1. The summed E-state index contributed by atoms with van der Waals surface area (Å²) >= 11 is 0. The highest BCUT2D eigenvalue weighted by Gasteiger charge is 2.42. The van der Waals surface area contributed by atoms with Gasteiger partial charge in [0.2, 0.25) is 5.91 Å². The van der Waals surface area contributed by atoms with E-state index in [9.17, 15) is 4.79 Å². The molecule has 2 bridgehead atoms. The van der Waals surface area contributed by atoms with Gasteiger partial charge in [0, 0.05) is 49.3 Å². The molecule has 1 aromatic carbocycles. The molecule has 8 heteroatoms. The van der Waals surface area contributed by atoms with Gasteiger partial charge in [0.05, 0.1) is 22.7 Å². The Kier molecular flexibility index (Phi) is 5.41. The van der Waals surface area contributed by atoms with E-state index in [4.69, 9.17) is 10.00 Å². The topological polar surface area (TPSA) is 95.2 Å². The number of nitriles is 1. The molecule has 0 radical (unpaired) electrons. The SMILES string of the molecule is CC(OCC(=O)N1CC2CC[C@@H](C1)N2c1ccc(C#N)cn1)c1cccc2nccnc12. The summed E-state index contributed by atoms with van der Waals surface area (Å²) in [5.41, 5.74) is 3.10. The van der Waals surface area contributed by atoms with Crippen LogP contribution in [-0.4, -0.2) is 57.5 Å². The summed E-state index contributed by atoms with van der Waals surface area (Å²) in [5.74, 6) is 0.887. The minimum atomic E-state index is -0.264. The third-order valence-corrected chi connectivity index (χ3v) is 6.40. The molecule has 162 valence electrons. The Bertz CT molecular complexity index is 1160. The number of carbonyl (C=O) groups is 1. The average molecular weight is 428 g/mol. The number of hydrogen-bond acceptors (Lipinski definition) is 7. The van der Waals surface area contributed by atoms with Gasteiger partial charge in [-0.15, -0.1) is 0 Å². The maximum Gasteiger partial charge on any atom is 0.248 e. The fourth-order valence-electron chi connectivity index (χ4n) is 4.81. The van der Waals surface area contributed by atoms with E-state index in [-0.39, 0.29) is 30.7 Å². The van der Waals surface area contributed by atoms with Crippen LogP contribution in [0.1, 0.15) is 37.0 Å². The fraction of sp³-hybridized carbons (Fsp3) is 0.375. The molecule has 8 nitrogen and oxygen atoms in total. The minimum absolute atomic E-state index is 0.00695. The maximum absolute atomic E-state index is 12.9. The van der Waals surface area contributed by atoms with Crippen LogP contribution >= 0.6 is 0 Å². The summed E-state index contributed by atoms with van der Waals surface area (Å²) < 4.78 is 5.96. The number of carbonyl (C=O) groups excluding carboxylic acids is 1. The van der Waals surface area contributed by atoms with Gasteiger partial charge in [0.15, 0.2) is 0 Å². The molecule has 5 rings (SSSR count). The molecule has 1 amide bonds. The molecule has 4 heterocycles. The number of ether oxygens (including phenoxy) is 1. The lowest BCUT2D eigenvalue weighted by Gasteiger charge is -2.41. The van der Waals surface area contributed by atoms with Crippen molar-refractivity contribution in [3.05, 3.63) is 60.0 Å². The predicted molar refractivity (Wildman–Crippen MR) is 119 cm³/mol. The predicted octanol–water partition coefficient (Wildman–Crippen LogP) is 2.85. The zero-order valence-electron chi connectivity index (χ0n) is 17.9. The Morgan fingerprint density at radius 3 is 2.66 bits per heavy atom. The van der Waals surface area contributed by atoms with Gasteiger partial charge in [0.25, 0.3) is 0 Å². The van der Waals surface area contributed by atoms with E-state index in [1.54, 1.807) is 24.7 Å². The second-order valence-corrected chi connectivity index (χ2v) is 8.33. The van der Waals surface area contributed by atoms with Gasteiger partial charge >= 0.3 is 0 Å². The van der Waals surface area contributed by atoms with E-state index in [2.05, 4.69) is 25.9 Å². The molecule has 2 aliphatic heterocycles. The molecule has 0 spiro atoms. The van der Waals surface area contributed by atoms with Crippen molar-refractivity contribution < 1.29 is 9.53 Å². The van der Waals surface area contributed by atoms with Crippen molar-refractivity contribution in [2.75, 3.05) is 24.6 Å². The molecule has 3 atom stereocenters. The highest BCUT2D eigenvalue weighted by Crippen LogP contribution is 2.34. The third-order valence-electron chi connectivity index (χ3n) is 6.40. The second kappa shape index (κ2) is 8.52. The van der Waals surface area contributed by atoms with Crippen molar-refractivity contribution in [2.24, 2.45) is 0 Å². The van der Waals surface area contributed by atoms with Crippen LogP contribution in [-0.2, 0) is 9.53 Å². The van der Waals surface area contributed by atoms with Gasteiger partial charge in [-0.25, -0.2) is 4.98 Å². The van der Waals surface area contributed by atoms with Gasteiger partial charge in [-0.3, -0.25) is 14.8 Å². The van der Waals surface area contributed by atoms with Crippen molar-refractivity contribution in [1.82, 2.24) is 19.9 Å². The lowest BCUT2D eigenvalue weighted by molar-refractivity contribution is -0.139. The molecule has 0 saturated carbocycles. The molecule has 3 aromatic rings. The molecule has 0 N–H and O–H groups in total. The fourth-order valence-corrected chi connectivity index (χ4v) is 4.81.